The van der Waals surface area contributed by atoms with Gasteiger partial charge in [0.25, 0.3) is 11.8 Å². The monoisotopic (exact) mass is 406 g/mol. The molecule has 9 nitrogen and oxygen atoms in total. The Balaban J connectivity index is 1.98. The van der Waals surface area contributed by atoms with Gasteiger partial charge in [0.05, 0.1) is 23.1 Å². The number of methoxy groups -OCH3 is 1. The van der Waals surface area contributed by atoms with Gasteiger partial charge >= 0.3 is 5.97 Å². The number of hydrogen-bond acceptors (Lipinski definition) is 7. The van der Waals surface area contributed by atoms with Crippen molar-refractivity contribution >= 4 is 27.8 Å². The van der Waals surface area contributed by atoms with Gasteiger partial charge in [0.1, 0.15) is 5.75 Å². The van der Waals surface area contributed by atoms with Crippen LogP contribution < -0.4 is 14.8 Å². The number of nitrogens with one attached hydrogen (secondary N) is 2. The molecule has 2 amide bonds. The van der Waals surface area contributed by atoms with Crippen LogP contribution in [0.15, 0.2) is 53.4 Å². The number of sulfonamides is 1. The van der Waals surface area contributed by atoms with Crippen molar-refractivity contribution in [3.8, 4) is 5.75 Å². The zero-order valence-electron chi connectivity index (χ0n) is 15.1. The molecule has 0 saturated heterocycles. The van der Waals surface area contributed by atoms with Crippen LogP contribution >= 0.6 is 0 Å². The minimum absolute atomic E-state index is 0.0554. The highest BCUT2D eigenvalue weighted by atomic mass is 32.2. The highest BCUT2D eigenvalue weighted by Crippen LogP contribution is 2.16. The molecule has 2 rings (SSSR count). The molecule has 2 aromatic rings. The van der Waals surface area contributed by atoms with Crippen molar-refractivity contribution in [3.05, 3.63) is 59.7 Å². The number of rotatable bonds is 7. The predicted octanol–water partition coefficient (Wildman–Crippen LogP) is 0.717. The van der Waals surface area contributed by atoms with Crippen molar-refractivity contribution in [3.63, 3.8) is 0 Å². The maximum Gasteiger partial charge on any atom is 0.338 e. The fourth-order valence-corrected chi connectivity index (χ4v) is 2.96. The molecule has 148 valence electrons. The first-order valence-electron chi connectivity index (χ1n) is 7.96. The van der Waals surface area contributed by atoms with E-state index < -0.39 is 34.4 Å². The Kier molecular flexibility index (Phi) is 6.85. The van der Waals surface area contributed by atoms with Gasteiger partial charge in [-0.05, 0) is 37.4 Å². The standard InChI is InChI=1S/C18H18N2O7S/c1-19-28(24,25)13-7-5-6-12(10-13)18(23)27-11-16(21)20-17(22)14-8-3-4-9-15(14)26-2/h3-10,19H,11H2,1-2H3,(H,20,21,22). The number of imide groups is 1. The molecule has 0 aliphatic rings. The smallest absolute Gasteiger partial charge is 0.338 e. The molecule has 28 heavy (non-hydrogen) atoms. The van der Waals surface area contributed by atoms with Crippen LogP contribution in [0.25, 0.3) is 0 Å². The summed E-state index contributed by atoms with van der Waals surface area (Å²) in [7, 11) is -1.11. The predicted molar refractivity (Wildman–Crippen MR) is 98.4 cm³/mol. The third kappa shape index (κ3) is 5.15. The second-order valence-corrected chi connectivity index (χ2v) is 7.28. The van der Waals surface area contributed by atoms with Crippen LogP contribution in [-0.4, -0.2) is 47.0 Å². The van der Waals surface area contributed by atoms with Crippen molar-refractivity contribution in [2.45, 2.75) is 4.90 Å². The lowest BCUT2D eigenvalue weighted by atomic mass is 10.2. The number of hydrogen-bond donors (Lipinski definition) is 2. The zero-order valence-corrected chi connectivity index (χ0v) is 15.9. The van der Waals surface area contributed by atoms with E-state index >= 15 is 0 Å². The molecular weight excluding hydrogens is 388 g/mol. The molecule has 2 N–H and O–H groups in total. The van der Waals surface area contributed by atoms with E-state index in [2.05, 4.69) is 10.0 Å². The molecule has 0 aliphatic carbocycles. The summed E-state index contributed by atoms with van der Waals surface area (Å²) in [5.74, 6) is -2.18. The van der Waals surface area contributed by atoms with Crippen LogP contribution in [0.5, 0.6) is 5.75 Å². The Morgan fingerprint density at radius 1 is 1.04 bits per heavy atom. The highest BCUT2D eigenvalue weighted by molar-refractivity contribution is 7.89. The van der Waals surface area contributed by atoms with E-state index in [1.165, 1.54) is 38.4 Å². The quantitative estimate of drug-likeness (QED) is 0.648. The summed E-state index contributed by atoms with van der Waals surface area (Å²) >= 11 is 0. The summed E-state index contributed by atoms with van der Waals surface area (Å²) in [6.45, 7) is -0.720. The lowest BCUT2D eigenvalue weighted by Gasteiger charge is -2.09. The Bertz CT molecular complexity index is 1000. The molecule has 0 unspecified atom stereocenters. The van der Waals surface area contributed by atoms with Gasteiger partial charge in [0.2, 0.25) is 10.0 Å². The van der Waals surface area contributed by atoms with Crippen molar-refractivity contribution in [2.24, 2.45) is 0 Å². The molecule has 0 spiro atoms. The Hall–Kier alpha value is -3.24. The van der Waals surface area contributed by atoms with Gasteiger partial charge in [-0.2, -0.15) is 0 Å². The Morgan fingerprint density at radius 2 is 1.75 bits per heavy atom. The fraction of sp³-hybridized carbons (Fsp3) is 0.167. The summed E-state index contributed by atoms with van der Waals surface area (Å²) in [6.07, 6.45) is 0. The Labute approximate surface area is 161 Å². The van der Waals surface area contributed by atoms with E-state index in [-0.39, 0.29) is 21.8 Å². The summed E-state index contributed by atoms with van der Waals surface area (Å²) in [4.78, 5) is 35.9. The van der Waals surface area contributed by atoms with Crippen molar-refractivity contribution in [1.82, 2.24) is 10.0 Å². The molecule has 2 aromatic carbocycles. The number of esters is 1. The lowest BCUT2D eigenvalue weighted by molar-refractivity contribution is -0.123. The van der Waals surface area contributed by atoms with Gasteiger partial charge in [-0.15, -0.1) is 0 Å². The van der Waals surface area contributed by atoms with Crippen LogP contribution in [0.1, 0.15) is 20.7 Å². The lowest BCUT2D eigenvalue weighted by Crippen LogP contribution is -2.34. The first-order valence-corrected chi connectivity index (χ1v) is 9.44. The van der Waals surface area contributed by atoms with E-state index in [4.69, 9.17) is 9.47 Å². The molecule has 0 saturated carbocycles. The number of para-hydroxylation sites is 1. The zero-order chi connectivity index (χ0) is 20.7. The summed E-state index contributed by atoms with van der Waals surface area (Å²) in [5.41, 5.74) is 0.0924. The number of carbonyl (C=O) groups excluding carboxylic acids is 3. The largest absolute Gasteiger partial charge is 0.496 e. The van der Waals surface area contributed by atoms with Crippen LogP contribution in [0.2, 0.25) is 0 Å². The molecule has 0 bridgehead atoms. The minimum atomic E-state index is -3.73. The first kappa shape index (κ1) is 21.1. The average Bonchev–Trinajstić information content (AvgIpc) is 2.71. The van der Waals surface area contributed by atoms with Gasteiger partial charge in [0, 0.05) is 0 Å². The van der Waals surface area contributed by atoms with E-state index in [9.17, 15) is 22.8 Å². The fourth-order valence-electron chi connectivity index (χ4n) is 2.18. The van der Waals surface area contributed by atoms with Crippen molar-refractivity contribution < 1.29 is 32.3 Å². The normalized spacial score (nSPS) is 10.8. The molecule has 10 heteroatoms. The second kappa shape index (κ2) is 9.11. The topological polar surface area (TPSA) is 128 Å². The summed E-state index contributed by atoms with van der Waals surface area (Å²) in [6, 6.07) is 11.4. The van der Waals surface area contributed by atoms with Gasteiger partial charge in [-0.1, -0.05) is 18.2 Å². The molecule has 0 aliphatic heterocycles. The van der Waals surface area contributed by atoms with Crippen molar-refractivity contribution in [1.29, 1.82) is 0 Å². The SMILES string of the molecule is CNS(=O)(=O)c1cccc(C(=O)OCC(=O)NC(=O)c2ccccc2OC)c1. The summed E-state index contributed by atoms with van der Waals surface area (Å²) < 4.78 is 35.6. The molecule has 0 atom stereocenters. The number of amides is 2. The minimum Gasteiger partial charge on any atom is -0.496 e. The summed E-state index contributed by atoms with van der Waals surface area (Å²) in [5, 5.41) is 2.08. The van der Waals surface area contributed by atoms with Crippen LogP contribution in [0.3, 0.4) is 0 Å². The maximum absolute atomic E-state index is 12.1. The van der Waals surface area contributed by atoms with E-state index in [1.807, 2.05) is 0 Å². The van der Waals surface area contributed by atoms with Crippen molar-refractivity contribution in [2.75, 3.05) is 20.8 Å². The third-order valence-electron chi connectivity index (χ3n) is 3.59. The van der Waals surface area contributed by atoms with E-state index in [1.54, 1.807) is 18.2 Å². The highest BCUT2D eigenvalue weighted by Gasteiger charge is 2.18. The average molecular weight is 406 g/mol. The van der Waals surface area contributed by atoms with Crippen LogP contribution in [0.4, 0.5) is 0 Å². The van der Waals surface area contributed by atoms with E-state index in [0.717, 1.165) is 6.07 Å². The first-order chi connectivity index (χ1) is 13.3. The second-order valence-electron chi connectivity index (χ2n) is 5.39. The van der Waals surface area contributed by atoms with Crippen LogP contribution in [0, 0.1) is 0 Å². The number of carbonyl (C=O) groups is 3. The maximum atomic E-state index is 12.1. The Morgan fingerprint density at radius 3 is 2.43 bits per heavy atom. The molecule has 0 fully saturated rings. The van der Waals surface area contributed by atoms with E-state index in [0.29, 0.717) is 0 Å². The van der Waals surface area contributed by atoms with Gasteiger partial charge in [-0.3, -0.25) is 14.9 Å². The molecular formula is C18H18N2O7S. The van der Waals surface area contributed by atoms with Gasteiger partial charge in [-0.25, -0.2) is 17.9 Å². The molecule has 0 heterocycles. The van der Waals surface area contributed by atoms with Gasteiger partial charge in [0.15, 0.2) is 6.61 Å². The van der Waals surface area contributed by atoms with Gasteiger partial charge < -0.3 is 9.47 Å². The van der Waals surface area contributed by atoms with Crippen LogP contribution in [-0.2, 0) is 19.6 Å². The number of benzene rings is 2. The third-order valence-corrected chi connectivity index (χ3v) is 5.00. The molecule has 0 aromatic heterocycles. The molecule has 0 radical (unpaired) electrons. The number of ether oxygens (including phenoxy) is 2.